The number of aryl methyl sites for hydroxylation is 1. The summed E-state index contributed by atoms with van der Waals surface area (Å²) in [5, 5.41) is 2.81. The van der Waals surface area contributed by atoms with Gasteiger partial charge in [-0.2, -0.15) is 0 Å². The van der Waals surface area contributed by atoms with Crippen molar-refractivity contribution < 1.29 is 14.0 Å². The van der Waals surface area contributed by atoms with Crippen molar-refractivity contribution in [3.63, 3.8) is 0 Å². The molecular weight excluding hydrogens is 357 g/mol. The highest BCUT2D eigenvalue weighted by atomic mass is 19.1. The minimum Gasteiger partial charge on any atom is -0.323 e. The molecule has 1 N–H and O–H groups in total. The molecule has 0 fully saturated rings. The van der Waals surface area contributed by atoms with E-state index in [0.29, 0.717) is 29.7 Å². The molecule has 0 spiro atoms. The van der Waals surface area contributed by atoms with Crippen LogP contribution < -0.4 is 10.2 Å². The van der Waals surface area contributed by atoms with Gasteiger partial charge < -0.3 is 10.2 Å². The van der Waals surface area contributed by atoms with Crippen LogP contribution >= 0.6 is 0 Å². The van der Waals surface area contributed by atoms with Crippen LogP contribution in [0.15, 0.2) is 67.0 Å². The molecule has 4 rings (SSSR count). The van der Waals surface area contributed by atoms with Gasteiger partial charge in [-0.15, -0.1) is 0 Å². The maximum atomic E-state index is 13.6. The van der Waals surface area contributed by atoms with Crippen molar-refractivity contribution >= 4 is 23.2 Å². The van der Waals surface area contributed by atoms with Crippen LogP contribution in [0.2, 0.25) is 0 Å². The van der Waals surface area contributed by atoms with Gasteiger partial charge in [0.2, 0.25) is 11.8 Å². The molecule has 2 amide bonds. The third-order valence-corrected chi connectivity index (χ3v) is 4.72. The average molecular weight is 375 g/mol. The van der Waals surface area contributed by atoms with Gasteiger partial charge in [0, 0.05) is 23.9 Å². The maximum Gasteiger partial charge on any atom is 0.244 e. The Kier molecular flexibility index (Phi) is 4.85. The summed E-state index contributed by atoms with van der Waals surface area (Å²) in [5.41, 5.74) is 3.59. The Labute approximate surface area is 161 Å². The first-order valence-corrected chi connectivity index (χ1v) is 9.00. The largest absolute Gasteiger partial charge is 0.323 e. The summed E-state index contributed by atoms with van der Waals surface area (Å²) in [7, 11) is 0. The number of anilines is 2. The number of nitrogens with one attached hydrogen (secondary N) is 1. The molecule has 0 aliphatic carbocycles. The first-order chi connectivity index (χ1) is 13.6. The topological polar surface area (TPSA) is 62.3 Å². The van der Waals surface area contributed by atoms with E-state index in [-0.39, 0.29) is 24.2 Å². The van der Waals surface area contributed by atoms with Crippen LogP contribution in [0, 0.1) is 5.82 Å². The Balaban J connectivity index is 1.56. The number of carbonyl (C=O) groups excluding carboxylic acids is 2. The number of hydrogen-bond acceptors (Lipinski definition) is 3. The minimum absolute atomic E-state index is 0.0783. The fourth-order valence-corrected chi connectivity index (χ4v) is 3.40. The number of amides is 2. The summed E-state index contributed by atoms with van der Waals surface area (Å²) < 4.78 is 13.6. The van der Waals surface area contributed by atoms with Crippen molar-refractivity contribution in [3.8, 4) is 11.1 Å². The standard InChI is InChI=1S/C22H18FN3O2/c23-17-6-3-5-16(12-17)18-10-11-24-13-19(18)25-21(27)14-26-20-7-2-1-4-15(20)8-9-22(26)28/h1-7,10-13H,8-9,14H2,(H,25,27). The van der Waals surface area contributed by atoms with Crippen LogP contribution in [0.25, 0.3) is 11.1 Å². The van der Waals surface area contributed by atoms with E-state index < -0.39 is 0 Å². The van der Waals surface area contributed by atoms with Gasteiger partial charge in [-0.3, -0.25) is 14.6 Å². The van der Waals surface area contributed by atoms with Crippen molar-refractivity contribution in [1.29, 1.82) is 0 Å². The Morgan fingerprint density at radius 2 is 1.96 bits per heavy atom. The third kappa shape index (κ3) is 3.62. The Bertz CT molecular complexity index is 1050. The highest BCUT2D eigenvalue weighted by Crippen LogP contribution is 2.29. The molecule has 140 valence electrons. The summed E-state index contributed by atoms with van der Waals surface area (Å²) in [4.78, 5) is 30.6. The van der Waals surface area contributed by atoms with Gasteiger partial charge in [-0.05, 0) is 41.8 Å². The van der Waals surface area contributed by atoms with E-state index in [1.807, 2.05) is 24.3 Å². The molecule has 0 bridgehead atoms. The molecule has 1 aliphatic rings. The minimum atomic E-state index is -0.359. The number of rotatable bonds is 4. The fraction of sp³-hybridized carbons (Fsp3) is 0.136. The summed E-state index contributed by atoms with van der Waals surface area (Å²) >= 11 is 0. The number of halogens is 1. The molecular formula is C22H18FN3O2. The maximum absolute atomic E-state index is 13.6. The lowest BCUT2D eigenvalue weighted by atomic mass is 10.0. The molecule has 5 nitrogen and oxygen atoms in total. The normalized spacial score (nSPS) is 13.2. The molecule has 3 aromatic rings. The molecule has 6 heteroatoms. The fourth-order valence-electron chi connectivity index (χ4n) is 3.40. The monoisotopic (exact) mass is 375 g/mol. The number of pyridine rings is 1. The van der Waals surface area contributed by atoms with Gasteiger partial charge in [0.1, 0.15) is 12.4 Å². The summed E-state index contributed by atoms with van der Waals surface area (Å²) in [6.07, 6.45) is 4.16. The molecule has 0 saturated heterocycles. The lowest BCUT2D eigenvalue weighted by Gasteiger charge is -2.28. The lowest BCUT2D eigenvalue weighted by molar-refractivity contribution is -0.121. The predicted octanol–water partition coefficient (Wildman–Crippen LogP) is 3.81. The quantitative estimate of drug-likeness (QED) is 0.754. The first kappa shape index (κ1) is 17.9. The molecule has 0 saturated carbocycles. The first-order valence-electron chi connectivity index (χ1n) is 9.00. The number of benzene rings is 2. The van der Waals surface area contributed by atoms with Crippen LogP contribution in [0.4, 0.5) is 15.8 Å². The van der Waals surface area contributed by atoms with Crippen molar-refractivity contribution in [1.82, 2.24) is 4.98 Å². The van der Waals surface area contributed by atoms with E-state index in [9.17, 15) is 14.0 Å². The highest BCUT2D eigenvalue weighted by Gasteiger charge is 2.25. The van der Waals surface area contributed by atoms with Gasteiger partial charge in [0.15, 0.2) is 0 Å². The predicted molar refractivity (Wildman–Crippen MR) is 105 cm³/mol. The van der Waals surface area contributed by atoms with E-state index in [1.54, 1.807) is 24.4 Å². The van der Waals surface area contributed by atoms with Gasteiger partial charge in [0.05, 0.1) is 11.9 Å². The average Bonchev–Trinajstić information content (AvgIpc) is 2.70. The van der Waals surface area contributed by atoms with E-state index in [2.05, 4.69) is 10.3 Å². The van der Waals surface area contributed by atoms with Crippen LogP contribution in [0.3, 0.4) is 0 Å². The molecule has 1 aliphatic heterocycles. The molecule has 0 unspecified atom stereocenters. The summed E-state index contributed by atoms with van der Waals surface area (Å²) in [6.45, 7) is -0.0899. The molecule has 0 radical (unpaired) electrons. The van der Waals surface area contributed by atoms with E-state index in [0.717, 1.165) is 11.3 Å². The second kappa shape index (κ2) is 7.60. The number of para-hydroxylation sites is 1. The second-order valence-electron chi connectivity index (χ2n) is 6.59. The zero-order valence-electron chi connectivity index (χ0n) is 15.1. The van der Waals surface area contributed by atoms with Crippen LogP contribution in [-0.4, -0.2) is 23.3 Å². The Hall–Kier alpha value is -3.54. The number of aromatic nitrogens is 1. The summed E-state index contributed by atoms with van der Waals surface area (Å²) in [5.74, 6) is -0.775. The van der Waals surface area contributed by atoms with Crippen molar-refractivity contribution in [2.75, 3.05) is 16.8 Å². The zero-order chi connectivity index (χ0) is 19.5. The zero-order valence-corrected chi connectivity index (χ0v) is 15.1. The van der Waals surface area contributed by atoms with Crippen LogP contribution in [-0.2, 0) is 16.0 Å². The number of fused-ring (bicyclic) bond motifs is 1. The van der Waals surface area contributed by atoms with Crippen molar-refractivity contribution in [2.45, 2.75) is 12.8 Å². The van der Waals surface area contributed by atoms with E-state index >= 15 is 0 Å². The molecule has 2 heterocycles. The number of carbonyl (C=O) groups is 2. The van der Waals surface area contributed by atoms with Gasteiger partial charge in [-0.1, -0.05) is 30.3 Å². The number of hydrogen-bond donors (Lipinski definition) is 1. The second-order valence-corrected chi connectivity index (χ2v) is 6.59. The summed E-state index contributed by atoms with van der Waals surface area (Å²) in [6, 6.07) is 15.4. The van der Waals surface area contributed by atoms with E-state index in [1.165, 1.54) is 23.2 Å². The molecule has 28 heavy (non-hydrogen) atoms. The number of nitrogens with zero attached hydrogens (tertiary/aromatic N) is 2. The molecule has 2 aromatic carbocycles. The van der Waals surface area contributed by atoms with Gasteiger partial charge >= 0.3 is 0 Å². The van der Waals surface area contributed by atoms with Crippen molar-refractivity contribution in [2.24, 2.45) is 0 Å². The third-order valence-electron chi connectivity index (χ3n) is 4.72. The van der Waals surface area contributed by atoms with Gasteiger partial charge in [-0.25, -0.2) is 4.39 Å². The van der Waals surface area contributed by atoms with Gasteiger partial charge in [0.25, 0.3) is 0 Å². The Morgan fingerprint density at radius 1 is 1.11 bits per heavy atom. The van der Waals surface area contributed by atoms with Crippen molar-refractivity contribution in [3.05, 3.63) is 78.4 Å². The highest BCUT2D eigenvalue weighted by molar-refractivity contribution is 6.05. The van der Waals surface area contributed by atoms with E-state index in [4.69, 9.17) is 0 Å². The van der Waals surface area contributed by atoms with Crippen LogP contribution in [0.1, 0.15) is 12.0 Å². The molecule has 0 atom stereocenters. The Morgan fingerprint density at radius 3 is 2.82 bits per heavy atom. The lowest BCUT2D eigenvalue weighted by Crippen LogP contribution is -2.40. The van der Waals surface area contributed by atoms with Crippen LogP contribution in [0.5, 0.6) is 0 Å². The molecule has 1 aromatic heterocycles. The smallest absolute Gasteiger partial charge is 0.244 e. The SMILES string of the molecule is O=C(CN1C(=O)CCc2ccccc21)Nc1cnccc1-c1cccc(F)c1.